The standard InChI is InChI=1S/C19H30N6O2/c1-6-9-15(21-19(27)17-11-14(5)23-25(17)8-3)12-20-18(26)16-10-13(4)22-24(16)7-2/h10-11,15H,6-9,12H2,1-5H3,(H,20,26)(H,21,27). The molecule has 0 aromatic carbocycles. The van der Waals surface area contributed by atoms with Crippen LogP contribution in [-0.4, -0.2) is 44.0 Å². The third-order valence-electron chi connectivity index (χ3n) is 4.35. The first-order valence-corrected chi connectivity index (χ1v) is 9.57. The number of carbonyl (C=O) groups excluding carboxylic acids is 2. The van der Waals surface area contributed by atoms with E-state index in [1.807, 2.05) is 27.7 Å². The minimum absolute atomic E-state index is 0.147. The van der Waals surface area contributed by atoms with E-state index in [2.05, 4.69) is 27.8 Å². The number of aromatic nitrogens is 4. The van der Waals surface area contributed by atoms with Crippen molar-refractivity contribution >= 4 is 11.8 Å². The van der Waals surface area contributed by atoms with Gasteiger partial charge in [0.2, 0.25) is 0 Å². The summed E-state index contributed by atoms with van der Waals surface area (Å²) >= 11 is 0. The van der Waals surface area contributed by atoms with Crippen molar-refractivity contribution in [3.63, 3.8) is 0 Å². The monoisotopic (exact) mass is 374 g/mol. The molecular weight excluding hydrogens is 344 g/mol. The van der Waals surface area contributed by atoms with E-state index in [-0.39, 0.29) is 17.9 Å². The van der Waals surface area contributed by atoms with Gasteiger partial charge in [-0.1, -0.05) is 13.3 Å². The molecule has 8 heteroatoms. The van der Waals surface area contributed by atoms with Gasteiger partial charge in [0.1, 0.15) is 11.4 Å². The molecule has 0 fully saturated rings. The Morgan fingerprint density at radius 2 is 1.48 bits per heavy atom. The first-order valence-electron chi connectivity index (χ1n) is 9.57. The van der Waals surface area contributed by atoms with Crippen LogP contribution in [0, 0.1) is 13.8 Å². The van der Waals surface area contributed by atoms with Gasteiger partial charge >= 0.3 is 0 Å². The summed E-state index contributed by atoms with van der Waals surface area (Å²) < 4.78 is 3.37. The third-order valence-corrected chi connectivity index (χ3v) is 4.35. The maximum Gasteiger partial charge on any atom is 0.269 e. The van der Waals surface area contributed by atoms with E-state index in [0.29, 0.717) is 31.0 Å². The molecule has 0 spiro atoms. The molecule has 2 rings (SSSR count). The highest BCUT2D eigenvalue weighted by Gasteiger charge is 2.19. The zero-order valence-corrected chi connectivity index (χ0v) is 16.9. The van der Waals surface area contributed by atoms with Crippen LogP contribution in [0.4, 0.5) is 0 Å². The predicted molar refractivity (Wildman–Crippen MR) is 104 cm³/mol. The zero-order valence-electron chi connectivity index (χ0n) is 16.9. The van der Waals surface area contributed by atoms with Crippen LogP contribution in [0.3, 0.4) is 0 Å². The molecule has 8 nitrogen and oxygen atoms in total. The van der Waals surface area contributed by atoms with E-state index in [1.165, 1.54) is 0 Å². The van der Waals surface area contributed by atoms with Gasteiger partial charge in [-0.25, -0.2) is 0 Å². The molecule has 2 aromatic rings. The summed E-state index contributed by atoms with van der Waals surface area (Å²) in [5.41, 5.74) is 2.70. The van der Waals surface area contributed by atoms with Crippen molar-refractivity contribution < 1.29 is 9.59 Å². The molecule has 2 amide bonds. The van der Waals surface area contributed by atoms with Crippen LogP contribution in [0.2, 0.25) is 0 Å². The van der Waals surface area contributed by atoms with Crippen LogP contribution >= 0.6 is 0 Å². The first-order chi connectivity index (χ1) is 12.9. The van der Waals surface area contributed by atoms with Crippen molar-refractivity contribution in [2.24, 2.45) is 0 Å². The fraction of sp³-hybridized carbons (Fsp3) is 0.579. The highest BCUT2D eigenvalue weighted by atomic mass is 16.2. The van der Waals surface area contributed by atoms with Gasteiger partial charge in [0.25, 0.3) is 11.8 Å². The van der Waals surface area contributed by atoms with Crippen molar-refractivity contribution in [3.05, 3.63) is 34.9 Å². The maximum absolute atomic E-state index is 12.6. The Morgan fingerprint density at radius 1 is 0.963 bits per heavy atom. The van der Waals surface area contributed by atoms with Crippen molar-refractivity contribution in [1.82, 2.24) is 30.2 Å². The summed E-state index contributed by atoms with van der Waals surface area (Å²) in [6.45, 7) is 11.3. The number of nitrogens with one attached hydrogen (secondary N) is 2. The van der Waals surface area contributed by atoms with Crippen LogP contribution < -0.4 is 10.6 Å². The average Bonchev–Trinajstić information content (AvgIpc) is 3.21. The van der Waals surface area contributed by atoms with Gasteiger partial charge in [-0.05, 0) is 46.2 Å². The van der Waals surface area contributed by atoms with Crippen molar-refractivity contribution in [2.75, 3.05) is 6.54 Å². The Bertz CT molecular complexity index is 792. The lowest BCUT2D eigenvalue weighted by atomic mass is 10.1. The van der Waals surface area contributed by atoms with Gasteiger partial charge in [-0.3, -0.25) is 19.0 Å². The average molecular weight is 374 g/mol. The molecule has 2 aromatic heterocycles. The number of rotatable bonds is 9. The van der Waals surface area contributed by atoms with E-state index in [4.69, 9.17) is 0 Å². The summed E-state index contributed by atoms with van der Waals surface area (Å²) in [4.78, 5) is 25.1. The Labute approximate surface area is 160 Å². The minimum atomic E-state index is -0.178. The molecule has 0 aliphatic rings. The largest absolute Gasteiger partial charge is 0.349 e. The molecule has 1 unspecified atom stereocenters. The second kappa shape index (κ2) is 9.34. The van der Waals surface area contributed by atoms with Gasteiger partial charge in [0, 0.05) is 25.7 Å². The Hall–Kier alpha value is -2.64. The van der Waals surface area contributed by atoms with Gasteiger partial charge in [0.05, 0.1) is 11.4 Å². The second-order valence-corrected chi connectivity index (χ2v) is 6.64. The lowest BCUT2D eigenvalue weighted by Gasteiger charge is -2.19. The summed E-state index contributed by atoms with van der Waals surface area (Å²) in [5, 5.41) is 14.6. The van der Waals surface area contributed by atoms with E-state index in [9.17, 15) is 9.59 Å². The Morgan fingerprint density at radius 3 is 1.96 bits per heavy atom. The highest BCUT2D eigenvalue weighted by Crippen LogP contribution is 2.07. The van der Waals surface area contributed by atoms with E-state index < -0.39 is 0 Å². The quantitative estimate of drug-likeness (QED) is 0.702. The van der Waals surface area contributed by atoms with Crippen LogP contribution in [0.1, 0.15) is 66.0 Å². The van der Waals surface area contributed by atoms with Crippen molar-refractivity contribution in [2.45, 2.75) is 66.6 Å². The molecule has 0 saturated carbocycles. The Kier molecular flexibility index (Phi) is 7.15. The summed E-state index contributed by atoms with van der Waals surface area (Å²) in [7, 11) is 0. The molecule has 0 saturated heterocycles. The van der Waals surface area contributed by atoms with E-state index in [1.54, 1.807) is 21.5 Å². The zero-order chi connectivity index (χ0) is 20.0. The minimum Gasteiger partial charge on any atom is -0.349 e. The Balaban J connectivity index is 2.02. The summed E-state index contributed by atoms with van der Waals surface area (Å²) in [6.07, 6.45) is 1.68. The first kappa shape index (κ1) is 20.7. The van der Waals surface area contributed by atoms with Crippen molar-refractivity contribution in [1.29, 1.82) is 0 Å². The molecule has 0 aliphatic carbocycles. The van der Waals surface area contributed by atoms with Gasteiger partial charge < -0.3 is 10.6 Å². The highest BCUT2D eigenvalue weighted by molar-refractivity contribution is 5.94. The maximum atomic E-state index is 12.6. The van der Waals surface area contributed by atoms with E-state index >= 15 is 0 Å². The van der Waals surface area contributed by atoms with Crippen LogP contribution in [0.15, 0.2) is 12.1 Å². The van der Waals surface area contributed by atoms with Gasteiger partial charge in [-0.15, -0.1) is 0 Å². The van der Waals surface area contributed by atoms with Gasteiger partial charge in [0.15, 0.2) is 0 Å². The lowest BCUT2D eigenvalue weighted by molar-refractivity contribution is 0.0895. The van der Waals surface area contributed by atoms with Gasteiger partial charge in [-0.2, -0.15) is 10.2 Å². The molecule has 148 valence electrons. The number of hydrogen-bond acceptors (Lipinski definition) is 4. The SMILES string of the molecule is CCCC(CNC(=O)c1cc(C)nn1CC)NC(=O)c1cc(C)nn1CC. The third kappa shape index (κ3) is 5.18. The number of carbonyl (C=O) groups is 2. The summed E-state index contributed by atoms with van der Waals surface area (Å²) in [6, 6.07) is 3.41. The molecular formula is C19H30N6O2. The van der Waals surface area contributed by atoms with Crippen LogP contribution in [0.5, 0.6) is 0 Å². The van der Waals surface area contributed by atoms with Crippen LogP contribution in [-0.2, 0) is 13.1 Å². The smallest absolute Gasteiger partial charge is 0.269 e. The number of amides is 2. The summed E-state index contributed by atoms with van der Waals surface area (Å²) in [5.74, 6) is -0.346. The number of aryl methyl sites for hydroxylation is 4. The predicted octanol–water partition coefficient (Wildman–Crippen LogP) is 2.06. The van der Waals surface area contributed by atoms with Crippen LogP contribution in [0.25, 0.3) is 0 Å². The molecule has 0 bridgehead atoms. The molecule has 1 atom stereocenters. The van der Waals surface area contributed by atoms with E-state index in [0.717, 1.165) is 24.2 Å². The number of hydrogen-bond donors (Lipinski definition) is 2. The molecule has 27 heavy (non-hydrogen) atoms. The number of nitrogens with zero attached hydrogens (tertiary/aromatic N) is 4. The molecule has 0 aliphatic heterocycles. The fourth-order valence-corrected chi connectivity index (χ4v) is 3.08. The topological polar surface area (TPSA) is 93.8 Å². The normalized spacial score (nSPS) is 12.0. The molecule has 2 N–H and O–H groups in total. The van der Waals surface area contributed by atoms with Crippen molar-refractivity contribution in [3.8, 4) is 0 Å². The second-order valence-electron chi connectivity index (χ2n) is 6.64. The molecule has 2 heterocycles. The lowest BCUT2D eigenvalue weighted by Crippen LogP contribution is -2.44. The molecule has 0 radical (unpaired) electrons. The fourth-order valence-electron chi connectivity index (χ4n) is 3.08.